The molecule has 86 valence electrons. The molecular weight excluding hydrogens is 186 g/mol. The Kier molecular flexibility index (Phi) is 12.6. The Bertz CT molecular complexity index is 90.8. The molecule has 0 saturated heterocycles. The van der Waals surface area contributed by atoms with Crippen molar-refractivity contribution in [2.75, 3.05) is 53.3 Å². The number of rotatable bonds is 11. The van der Waals surface area contributed by atoms with Crippen molar-refractivity contribution in [1.82, 2.24) is 5.48 Å². The summed E-state index contributed by atoms with van der Waals surface area (Å²) >= 11 is 0. The van der Waals surface area contributed by atoms with Crippen LogP contribution >= 0.6 is 0 Å². The van der Waals surface area contributed by atoms with E-state index >= 15 is 0 Å². The molecule has 0 radical (unpaired) electrons. The van der Waals surface area contributed by atoms with E-state index < -0.39 is 0 Å². The average Bonchev–Trinajstić information content (AvgIpc) is 2.21. The lowest BCUT2D eigenvalue weighted by atomic mass is 10.7. The van der Waals surface area contributed by atoms with Crippen LogP contribution in [0.1, 0.15) is 6.92 Å². The zero-order chi connectivity index (χ0) is 10.5. The van der Waals surface area contributed by atoms with E-state index in [0.717, 1.165) is 0 Å². The van der Waals surface area contributed by atoms with E-state index in [1.807, 2.05) is 6.92 Å². The van der Waals surface area contributed by atoms with Crippen molar-refractivity contribution in [3.05, 3.63) is 0 Å². The van der Waals surface area contributed by atoms with E-state index in [4.69, 9.17) is 19.0 Å². The van der Waals surface area contributed by atoms with Crippen molar-refractivity contribution in [3.8, 4) is 0 Å². The largest absolute Gasteiger partial charge is 0.382 e. The van der Waals surface area contributed by atoms with Crippen molar-refractivity contribution in [1.29, 1.82) is 0 Å². The molecule has 0 bridgehead atoms. The van der Waals surface area contributed by atoms with Crippen molar-refractivity contribution >= 4 is 0 Å². The summed E-state index contributed by atoms with van der Waals surface area (Å²) in [6, 6.07) is 0. The molecule has 0 aliphatic carbocycles. The highest BCUT2D eigenvalue weighted by molar-refractivity contribution is 4.34. The Hall–Kier alpha value is -0.200. The summed E-state index contributed by atoms with van der Waals surface area (Å²) < 4.78 is 15.3. The molecule has 0 spiro atoms. The third-order valence-corrected chi connectivity index (χ3v) is 1.40. The summed E-state index contributed by atoms with van der Waals surface area (Å²) in [5.41, 5.74) is 2.76. The van der Waals surface area contributed by atoms with Gasteiger partial charge in [0.2, 0.25) is 0 Å². The first-order valence-electron chi connectivity index (χ1n) is 4.91. The summed E-state index contributed by atoms with van der Waals surface area (Å²) in [4.78, 5) is 4.92. The lowest BCUT2D eigenvalue weighted by Crippen LogP contribution is -2.21. The van der Waals surface area contributed by atoms with E-state index in [9.17, 15) is 0 Å². The van der Waals surface area contributed by atoms with Gasteiger partial charge in [0.15, 0.2) is 0 Å². The van der Waals surface area contributed by atoms with Crippen molar-refractivity contribution < 1.29 is 19.0 Å². The van der Waals surface area contributed by atoms with Crippen LogP contribution in [-0.4, -0.2) is 53.3 Å². The van der Waals surface area contributed by atoms with Gasteiger partial charge in [0.05, 0.1) is 39.6 Å². The minimum Gasteiger partial charge on any atom is -0.382 e. The van der Waals surface area contributed by atoms with Crippen LogP contribution in [0.3, 0.4) is 0 Å². The maximum atomic E-state index is 5.25. The Morgan fingerprint density at radius 2 is 1.57 bits per heavy atom. The SMILES string of the molecule is CCONCCOCCOCCOC. The first-order chi connectivity index (χ1) is 6.91. The molecule has 0 aromatic carbocycles. The molecule has 5 nitrogen and oxygen atoms in total. The average molecular weight is 207 g/mol. The Morgan fingerprint density at radius 3 is 2.21 bits per heavy atom. The zero-order valence-corrected chi connectivity index (χ0v) is 9.08. The minimum absolute atomic E-state index is 0.609. The molecule has 0 heterocycles. The van der Waals surface area contributed by atoms with Gasteiger partial charge in [-0.3, -0.25) is 0 Å². The van der Waals surface area contributed by atoms with E-state index in [1.54, 1.807) is 7.11 Å². The molecule has 0 aliphatic heterocycles. The maximum absolute atomic E-state index is 5.25. The van der Waals surface area contributed by atoms with Crippen LogP contribution < -0.4 is 5.48 Å². The van der Waals surface area contributed by atoms with Crippen LogP contribution in [0.25, 0.3) is 0 Å². The predicted molar refractivity (Wildman–Crippen MR) is 53.1 cm³/mol. The Labute approximate surface area is 85.6 Å². The van der Waals surface area contributed by atoms with Gasteiger partial charge in [-0.1, -0.05) is 0 Å². The van der Waals surface area contributed by atoms with Crippen molar-refractivity contribution in [2.45, 2.75) is 6.92 Å². The van der Waals surface area contributed by atoms with E-state index in [2.05, 4.69) is 5.48 Å². The van der Waals surface area contributed by atoms with Crippen molar-refractivity contribution in [2.24, 2.45) is 0 Å². The molecule has 0 saturated carbocycles. The zero-order valence-electron chi connectivity index (χ0n) is 9.08. The van der Waals surface area contributed by atoms with Gasteiger partial charge in [0.25, 0.3) is 0 Å². The number of nitrogens with one attached hydrogen (secondary N) is 1. The molecule has 0 aromatic heterocycles. The second kappa shape index (κ2) is 12.8. The molecule has 0 amide bonds. The summed E-state index contributed by atoms with van der Waals surface area (Å²) in [5, 5.41) is 0. The number of methoxy groups -OCH3 is 1. The molecule has 0 rings (SSSR count). The topological polar surface area (TPSA) is 49.0 Å². The lowest BCUT2D eigenvalue weighted by molar-refractivity contribution is 0.00419. The summed E-state index contributed by atoms with van der Waals surface area (Å²) in [5.74, 6) is 0. The number of hydroxylamine groups is 1. The molecular formula is C9H21NO4. The third-order valence-electron chi connectivity index (χ3n) is 1.40. The summed E-state index contributed by atoms with van der Waals surface area (Å²) in [7, 11) is 1.65. The van der Waals surface area contributed by atoms with Crippen LogP contribution in [0.15, 0.2) is 0 Å². The molecule has 14 heavy (non-hydrogen) atoms. The third kappa shape index (κ3) is 11.8. The van der Waals surface area contributed by atoms with Crippen LogP contribution in [0.5, 0.6) is 0 Å². The number of hydrogen-bond donors (Lipinski definition) is 1. The predicted octanol–water partition coefficient (Wildman–Crippen LogP) is 0.207. The summed E-state index contributed by atoms with van der Waals surface area (Å²) in [6.07, 6.45) is 0. The molecule has 0 fully saturated rings. The maximum Gasteiger partial charge on any atom is 0.0701 e. The van der Waals surface area contributed by atoms with E-state index in [-0.39, 0.29) is 0 Å². The smallest absolute Gasteiger partial charge is 0.0701 e. The highest BCUT2D eigenvalue weighted by Crippen LogP contribution is 1.79. The molecule has 0 atom stereocenters. The quantitative estimate of drug-likeness (QED) is 0.387. The normalized spacial score (nSPS) is 10.7. The highest BCUT2D eigenvalue weighted by atomic mass is 16.6. The first-order valence-corrected chi connectivity index (χ1v) is 4.91. The minimum atomic E-state index is 0.609. The fraction of sp³-hybridized carbons (Fsp3) is 1.00. The van der Waals surface area contributed by atoms with Crippen LogP contribution in [0.2, 0.25) is 0 Å². The standard InChI is InChI=1S/C9H21NO4/c1-3-14-10-4-5-12-8-9-13-7-6-11-2/h10H,3-9H2,1-2H3. The van der Waals surface area contributed by atoms with E-state index in [1.165, 1.54) is 0 Å². The molecule has 0 aliphatic rings. The van der Waals surface area contributed by atoms with Crippen LogP contribution in [-0.2, 0) is 19.0 Å². The van der Waals surface area contributed by atoms with Gasteiger partial charge in [-0.15, -0.1) is 0 Å². The van der Waals surface area contributed by atoms with Crippen molar-refractivity contribution in [3.63, 3.8) is 0 Å². The van der Waals surface area contributed by atoms with E-state index in [0.29, 0.717) is 46.2 Å². The number of hydrogen-bond acceptors (Lipinski definition) is 5. The highest BCUT2D eigenvalue weighted by Gasteiger charge is 1.89. The van der Waals surface area contributed by atoms with Gasteiger partial charge in [-0.2, -0.15) is 0 Å². The molecule has 1 N–H and O–H groups in total. The molecule has 0 aromatic rings. The Morgan fingerprint density at radius 1 is 0.929 bits per heavy atom. The van der Waals surface area contributed by atoms with Gasteiger partial charge < -0.3 is 19.0 Å². The van der Waals surface area contributed by atoms with Crippen LogP contribution in [0.4, 0.5) is 0 Å². The monoisotopic (exact) mass is 207 g/mol. The fourth-order valence-corrected chi connectivity index (χ4v) is 0.752. The van der Waals surface area contributed by atoms with Gasteiger partial charge >= 0.3 is 0 Å². The first kappa shape index (κ1) is 13.8. The van der Waals surface area contributed by atoms with Gasteiger partial charge in [0.1, 0.15) is 0 Å². The van der Waals surface area contributed by atoms with Gasteiger partial charge in [-0.25, -0.2) is 5.48 Å². The van der Waals surface area contributed by atoms with Gasteiger partial charge in [-0.05, 0) is 6.92 Å². The molecule has 0 unspecified atom stereocenters. The second-order valence-electron chi connectivity index (χ2n) is 2.54. The Balaban J connectivity index is 2.78. The lowest BCUT2D eigenvalue weighted by Gasteiger charge is -2.06. The summed E-state index contributed by atoms with van der Waals surface area (Å²) in [6.45, 7) is 6.40. The van der Waals surface area contributed by atoms with Crippen LogP contribution in [0, 0.1) is 0 Å². The second-order valence-corrected chi connectivity index (χ2v) is 2.54. The molecule has 5 heteroatoms. The fourth-order valence-electron chi connectivity index (χ4n) is 0.752. The van der Waals surface area contributed by atoms with Gasteiger partial charge in [0, 0.05) is 13.7 Å². The number of ether oxygens (including phenoxy) is 3.